The third kappa shape index (κ3) is 3.03. The molecule has 0 aliphatic carbocycles. The van der Waals surface area contributed by atoms with Gasteiger partial charge in [-0.15, -0.1) is 0 Å². The highest BCUT2D eigenvalue weighted by Gasteiger charge is 2.35. The van der Waals surface area contributed by atoms with Gasteiger partial charge in [-0.3, -0.25) is 4.79 Å². The fourth-order valence-electron chi connectivity index (χ4n) is 1.91. The molecule has 0 bridgehead atoms. The van der Waals surface area contributed by atoms with E-state index in [2.05, 4.69) is 10.3 Å². The van der Waals surface area contributed by atoms with Gasteiger partial charge in [0.05, 0.1) is 18.1 Å². The number of anilines is 1. The predicted molar refractivity (Wildman–Crippen MR) is 84.0 cm³/mol. The van der Waals surface area contributed by atoms with E-state index in [1.165, 1.54) is 13.8 Å². The number of carbonyl (C=O) groups excluding carboxylic acids is 1. The fourth-order valence-corrected chi connectivity index (χ4v) is 1.91. The molecule has 0 radical (unpaired) electrons. The number of imidazole rings is 1. The first-order valence-corrected chi connectivity index (χ1v) is 7.06. The zero-order valence-electron chi connectivity index (χ0n) is 13.2. The highest BCUT2D eigenvalue weighted by molar-refractivity contribution is 5.97. The van der Waals surface area contributed by atoms with Gasteiger partial charge in [-0.25, -0.2) is 4.98 Å². The Labute approximate surface area is 129 Å². The monoisotopic (exact) mass is 303 g/mol. The van der Waals surface area contributed by atoms with Crippen LogP contribution in [0.25, 0.3) is 5.69 Å². The molecule has 0 fully saturated rings. The van der Waals surface area contributed by atoms with Crippen molar-refractivity contribution in [2.24, 2.45) is 0 Å². The number of nitrogens with zero attached hydrogens (tertiary/aromatic N) is 2. The minimum absolute atomic E-state index is 0.546. The zero-order chi connectivity index (χ0) is 16.5. The van der Waals surface area contributed by atoms with E-state index < -0.39 is 17.6 Å². The van der Waals surface area contributed by atoms with E-state index in [9.17, 15) is 15.0 Å². The molecule has 0 aliphatic heterocycles. The number of hydrogen-bond donors (Lipinski definition) is 3. The summed E-state index contributed by atoms with van der Waals surface area (Å²) in [4.78, 5) is 16.2. The number of aryl methyl sites for hydroxylation is 1. The molecule has 1 heterocycles. The lowest BCUT2D eigenvalue weighted by Crippen LogP contribution is -2.48. The van der Waals surface area contributed by atoms with Crippen LogP contribution >= 0.6 is 0 Å². The highest BCUT2D eigenvalue weighted by atomic mass is 16.3. The molecule has 6 heteroatoms. The van der Waals surface area contributed by atoms with Gasteiger partial charge in [-0.2, -0.15) is 0 Å². The lowest BCUT2D eigenvalue weighted by atomic mass is 9.99. The molecule has 22 heavy (non-hydrogen) atoms. The summed E-state index contributed by atoms with van der Waals surface area (Å²) in [6.45, 7) is 6.57. The fraction of sp³-hybridized carbons (Fsp3) is 0.375. The van der Waals surface area contributed by atoms with Crippen molar-refractivity contribution in [1.29, 1.82) is 0 Å². The van der Waals surface area contributed by atoms with Crippen LogP contribution in [-0.2, 0) is 4.79 Å². The molecule has 2 atom stereocenters. The molecule has 6 nitrogen and oxygen atoms in total. The second kappa shape index (κ2) is 5.90. The summed E-state index contributed by atoms with van der Waals surface area (Å²) in [6, 6.07) is 7.17. The van der Waals surface area contributed by atoms with Crippen LogP contribution in [-0.4, -0.2) is 37.4 Å². The summed E-state index contributed by atoms with van der Waals surface area (Å²) >= 11 is 0. The molecule has 2 unspecified atom stereocenters. The normalized spacial score (nSPS) is 15.2. The maximum Gasteiger partial charge on any atom is 0.258 e. The maximum absolute atomic E-state index is 12.0. The quantitative estimate of drug-likeness (QED) is 0.800. The van der Waals surface area contributed by atoms with Gasteiger partial charge in [0.25, 0.3) is 5.91 Å². The minimum Gasteiger partial charge on any atom is -0.390 e. The highest BCUT2D eigenvalue weighted by Crippen LogP contribution is 2.18. The third-order valence-electron chi connectivity index (χ3n) is 3.93. The number of benzene rings is 1. The Morgan fingerprint density at radius 2 is 1.91 bits per heavy atom. The smallest absolute Gasteiger partial charge is 0.258 e. The first-order chi connectivity index (χ1) is 10.2. The van der Waals surface area contributed by atoms with E-state index in [0.717, 1.165) is 17.1 Å². The van der Waals surface area contributed by atoms with E-state index in [0.29, 0.717) is 5.69 Å². The van der Waals surface area contributed by atoms with Crippen molar-refractivity contribution in [3.05, 3.63) is 42.0 Å². The van der Waals surface area contributed by atoms with Gasteiger partial charge in [0, 0.05) is 17.1 Å². The van der Waals surface area contributed by atoms with E-state index in [1.807, 2.05) is 30.5 Å². The van der Waals surface area contributed by atoms with Crippen LogP contribution in [0, 0.1) is 13.8 Å². The Morgan fingerprint density at radius 1 is 1.32 bits per heavy atom. The van der Waals surface area contributed by atoms with Crippen molar-refractivity contribution in [2.45, 2.75) is 39.4 Å². The molecular formula is C16H21N3O3. The van der Waals surface area contributed by atoms with Crippen LogP contribution in [0.1, 0.15) is 25.2 Å². The van der Waals surface area contributed by atoms with Crippen LogP contribution < -0.4 is 5.32 Å². The van der Waals surface area contributed by atoms with Crippen LogP contribution in [0.4, 0.5) is 5.69 Å². The molecular weight excluding hydrogens is 282 g/mol. The summed E-state index contributed by atoms with van der Waals surface area (Å²) in [5.74, 6) is -0.648. The summed E-state index contributed by atoms with van der Waals surface area (Å²) in [5.41, 5.74) is 1.65. The molecule has 1 aromatic heterocycles. The summed E-state index contributed by atoms with van der Waals surface area (Å²) in [5, 5.41) is 21.9. The van der Waals surface area contributed by atoms with Crippen LogP contribution in [0.5, 0.6) is 0 Å². The zero-order valence-corrected chi connectivity index (χ0v) is 13.2. The second-order valence-electron chi connectivity index (χ2n) is 5.61. The molecule has 2 rings (SSSR count). The average molecular weight is 303 g/mol. The third-order valence-corrected chi connectivity index (χ3v) is 3.93. The molecule has 0 aliphatic rings. The van der Waals surface area contributed by atoms with Gasteiger partial charge in [0.1, 0.15) is 0 Å². The summed E-state index contributed by atoms with van der Waals surface area (Å²) in [7, 11) is 0. The first-order valence-electron chi connectivity index (χ1n) is 7.06. The number of aliphatic hydroxyl groups is 2. The number of amides is 1. The van der Waals surface area contributed by atoms with Crippen molar-refractivity contribution in [2.75, 3.05) is 5.32 Å². The molecule has 118 valence electrons. The number of rotatable bonds is 4. The lowest BCUT2D eigenvalue weighted by Gasteiger charge is -2.25. The molecule has 1 amide bonds. The SMILES string of the molecule is Cc1ncn(-c2ccc(NC(=O)C(C)(O)C(C)O)cc2)c1C. The van der Waals surface area contributed by atoms with Gasteiger partial charge in [0.15, 0.2) is 5.60 Å². The van der Waals surface area contributed by atoms with Crippen LogP contribution in [0.3, 0.4) is 0 Å². The van der Waals surface area contributed by atoms with E-state index >= 15 is 0 Å². The van der Waals surface area contributed by atoms with Gasteiger partial charge < -0.3 is 20.1 Å². The number of aromatic nitrogens is 2. The summed E-state index contributed by atoms with van der Waals surface area (Å²) in [6.07, 6.45) is 0.583. The standard InChI is InChI=1S/C16H21N3O3/c1-10-11(2)19(9-17-10)14-7-5-13(6-8-14)18-15(21)16(4,22)12(3)20/h5-9,12,20,22H,1-4H3,(H,18,21). The number of hydrogen-bond acceptors (Lipinski definition) is 4. The van der Waals surface area contributed by atoms with Gasteiger partial charge in [-0.05, 0) is 52.0 Å². The van der Waals surface area contributed by atoms with Gasteiger partial charge in [-0.1, -0.05) is 0 Å². The first kappa shape index (κ1) is 16.2. The largest absolute Gasteiger partial charge is 0.390 e. The van der Waals surface area contributed by atoms with Gasteiger partial charge in [0.2, 0.25) is 0 Å². The van der Waals surface area contributed by atoms with Crippen molar-refractivity contribution in [1.82, 2.24) is 9.55 Å². The van der Waals surface area contributed by atoms with Crippen molar-refractivity contribution in [3.63, 3.8) is 0 Å². The van der Waals surface area contributed by atoms with Gasteiger partial charge >= 0.3 is 0 Å². The minimum atomic E-state index is -1.84. The van der Waals surface area contributed by atoms with Crippen molar-refractivity contribution in [3.8, 4) is 5.69 Å². The average Bonchev–Trinajstić information content (AvgIpc) is 2.79. The Kier molecular flexibility index (Phi) is 4.35. The molecule has 0 saturated carbocycles. The molecule has 0 spiro atoms. The molecule has 1 aromatic carbocycles. The number of carbonyl (C=O) groups is 1. The van der Waals surface area contributed by atoms with Crippen LogP contribution in [0.2, 0.25) is 0 Å². The molecule has 2 aromatic rings. The Morgan fingerprint density at radius 3 is 2.36 bits per heavy atom. The van der Waals surface area contributed by atoms with Crippen LogP contribution in [0.15, 0.2) is 30.6 Å². The molecule has 0 saturated heterocycles. The Balaban J connectivity index is 2.16. The predicted octanol–water partition coefficient (Wildman–Crippen LogP) is 1.56. The Bertz CT molecular complexity index is 672. The van der Waals surface area contributed by atoms with Crippen molar-refractivity contribution < 1.29 is 15.0 Å². The summed E-state index contributed by atoms with van der Waals surface area (Å²) < 4.78 is 1.95. The van der Waals surface area contributed by atoms with E-state index in [1.54, 1.807) is 18.5 Å². The lowest BCUT2D eigenvalue weighted by molar-refractivity contribution is -0.142. The topological polar surface area (TPSA) is 87.4 Å². The maximum atomic E-state index is 12.0. The Hall–Kier alpha value is -2.18. The molecule has 3 N–H and O–H groups in total. The van der Waals surface area contributed by atoms with E-state index in [-0.39, 0.29) is 0 Å². The number of nitrogens with one attached hydrogen (secondary N) is 1. The second-order valence-corrected chi connectivity index (χ2v) is 5.61. The van der Waals surface area contributed by atoms with Crippen molar-refractivity contribution >= 4 is 11.6 Å². The van der Waals surface area contributed by atoms with E-state index in [4.69, 9.17) is 0 Å². The number of aliphatic hydroxyl groups excluding tert-OH is 1.